The number of hydrogen-bond acceptors (Lipinski definition) is 6. The second-order valence-electron chi connectivity index (χ2n) is 4.98. The standard InChI is InChI=1S/C12H17N5O2/c1-7-4-17(5-8(2)19-7)12-10-11(14-6-15-12)13-3-9(18)16-10/h6-8H,3-5H2,1-2H3,(H,16,18)(H,13,14,15)/t7-,8-/m1/s1. The van der Waals surface area contributed by atoms with Gasteiger partial charge in [-0.05, 0) is 13.8 Å². The van der Waals surface area contributed by atoms with Gasteiger partial charge in [0.1, 0.15) is 12.0 Å². The summed E-state index contributed by atoms with van der Waals surface area (Å²) in [5.74, 6) is 1.36. The molecule has 1 aromatic heterocycles. The van der Waals surface area contributed by atoms with Crippen LogP contribution in [0.3, 0.4) is 0 Å². The van der Waals surface area contributed by atoms with Crippen molar-refractivity contribution in [3.8, 4) is 0 Å². The first-order valence-electron chi connectivity index (χ1n) is 6.42. The minimum absolute atomic E-state index is 0.0714. The van der Waals surface area contributed by atoms with E-state index in [1.807, 2.05) is 13.8 Å². The van der Waals surface area contributed by atoms with Crippen molar-refractivity contribution in [3.05, 3.63) is 6.33 Å². The minimum atomic E-state index is -0.0714. The van der Waals surface area contributed by atoms with Gasteiger partial charge in [0.2, 0.25) is 5.91 Å². The lowest BCUT2D eigenvalue weighted by Crippen LogP contribution is -2.46. The van der Waals surface area contributed by atoms with Crippen LogP contribution in [-0.4, -0.2) is 47.7 Å². The summed E-state index contributed by atoms with van der Waals surface area (Å²) in [4.78, 5) is 22.1. The second kappa shape index (κ2) is 4.65. The number of aromatic nitrogens is 2. The predicted molar refractivity (Wildman–Crippen MR) is 71.4 cm³/mol. The van der Waals surface area contributed by atoms with Gasteiger partial charge in [-0.25, -0.2) is 9.97 Å². The van der Waals surface area contributed by atoms with Crippen LogP contribution in [0.5, 0.6) is 0 Å². The summed E-state index contributed by atoms with van der Waals surface area (Å²) in [7, 11) is 0. The normalized spacial score (nSPS) is 26.4. The molecule has 1 fully saturated rings. The first kappa shape index (κ1) is 12.2. The molecule has 7 nitrogen and oxygen atoms in total. The number of rotatable bonds is 1. The molecule has 1 aromatic rings. The number of fused-ring (bicyclic) bond motifs is 1. The largest absolute Gasteiger partial charge is 0.372 e. The molecule has 0 aromatic carbocycles. The highest BCUT2D eigenvalue weighted by Gasteiger charge is 2.28. The Kier molecular flexibility index (Phi) is 2.98. The molecule has 0 unspecified atom stereocenters. The average molecular weight is 263 g/mol. The summed E-state index contributed by atoms with van der Waals surface area (Å²) in [6.45, 7) is 5.83. The van der Waals surface area contributed by atoms with E-state index in [1.165, 1.54) is 6.33 Å². The zero-order valence-corrected chi connectivity index (χ0v) is 11.0. The van der Waals surface area contributed by atoms with Crippen LogP contribution in [-0.2, 0) is 9.53 Å². The van der Waals surface area contributed by atoms with Crippen LogP contribution in [0.15, 0.2) is 6.33 Å². The van der Waals surface area contributed by atoms with E-state index in [1.54, 1.807) is 0 Å². The van der Waals surface area contributed by atoms with Crippen LogP contribution in [0.1, 0.15) is 13.8 Å². The van der Waals surface area contributed by atoms with Crippen molar-refractivity contribution in [2.24, 2.45) is 0 Å². The number of morpholine rings is 1. The van der Waals surface area contributed by atoms with Crippen LogP contribution in [0.2, 0.25) is 0 Å². The van der Waals surface area contributed by atoms with Gasteiger partial charge in [0, 0.05) is 13.1 Å². The molecular formula is C12H17N5O2. The zero-order valence-electron chi connectivity index (χ0n) is 11.0. The van der Waals surface area contributed by atoms with Crippen molar-refractivity contribution in [2.75, 3.05) is 35.2 Å². The number of carbonyl (C=O) groups excluding carboxylic acids is 1. The number of amides is 1. The number of hydrogen-bond donors (Lipinski definition) is 2. The molecule has 0 aliphatic carbocycles. The maximum absolute atomic E-state index is 11.5. The fraction of sp³-hybridized carbons (Fsp3) is 0.583. The molecular weight excluding hydrogens is 246 g/mol. The van der Waals surface area contributed by atoms with E-state index in [0.29, 0.717) is 11.5 Å². The summed E-state index contributed by atoms with van der Waals surface area (Å²) < 4.78 is 5.72. The first-order chi connectivity index (χ1) is 9.13. The molecule has 102 valence electrons. The van der Waals surface area contributed by atoms with E-state index >= 15 is 0 Å². The monoisotopic (exact) mass is 263 g/mol. The van der Waals surface area contributed by atoms with Gasteiger partial charge in [0.25, 0.3) is 0 Å². The third-order valence-corrected chi connectivity index (χ3v) is 3.23. The summed E-state index contributed by atoms with van der Waals surface area (Å²) >= 11 is 0. The molecule has 0 bridgehead atoms. The molecule has 0 spiro atoms. The molecule has 19 heavy (non-hydrogen) atoms. The fourth-order valence-electron chi connectivity index (χ4n) is 2.56. The molecule has 7 heteroatoms. The number of nitrogens with zero attached hydrogens (tertiary/aromatic N) is 3. The SMILES string of the molecule is C[C@@H]1CN(c2ncnc3c2NC(=O)CN3)C[C@@H](C)O1. The number of anilines is 3. The summed E-state index contributed by atoms with van der Waals surface area (Å²) in [6.07, 6.45) is 1.80. The van der Waals surface area contributed by atoms with Crippen molar-refractivity contribution >= 4 is 23.2 Å². The van der Waals surface area contributed by atoms with Crippen molar-refractivity contribution in [3.63, 3.8) is 0 Å². The molecule has 2 aliphatic heterocycles. The van der Waals surface area contributed by atoms with Gasteiger partial charge in [-0.15, -0.1) is 0 Å². The van der Waals surface area contributed by atoms with Crippen LogP contribution in [0.4, 0.5) is 17.3 Å². The molecule has 3 heterocycles. The van der Waals surface area contributed by atoms with E-state index < -0.39 is 0 Å². The Morgan fingerprint density at radius 2 is 2.05 bits per heavy atom. The summed E-state index contributed by atoms with van der Waals surface area (Å²) in [5, 5.41) is 5.84. The lowest BCUT2D eigenvalue weighted by Gasteiger charge is -2.37. The van der Waals surface area contributed by atoms with E-state index in [9.17, 15) is 4.79 Å². The zero-order chi connectivity index (χ0) is 13.4. The lowest BCUT2D eigenvalue weighted by atomic mass is 10.2. The third kappa shape index (κ3) is 2.33. The van der Waals surface area contributed by atoms with Gasteiger partial charge in [-0.1, -0.05) is 0 Å². The van der Waals surface area contributed by atoms with Gasteiger partial charge < -0.3 is 20.3 Å². The molecule has 3 rings (SSSR count). The molecule has 2 atom stereocenters. The van der Waals surface area contributed by atoms with Gasteiger partial charge in [0.05, 0.1) is 18.8 Å². The van der Waals surface area contributed by atoms with E-state index in [2.05, 4.69) is 25.5 Å². The van der Waals surface area contributed by atoms with Crippen LogP contribution in [0.25, 0.3) is 0 Å². The topological polar surface area (TPSA) is 79.4 Å². The Morgan fingerprint density at radius 3 is 2.79 bits per heavy atom. The molecule has 1 saturated heterocycles. The Morgan fingerprint density at radius 1 is 1.32 bits per heavy atom. The van der Waals surface area contributed by atoms with Crippen LogP contribution >= 0.6 is 0 Å². The Balaban J connectivity index is 1.94. The molecule has 0 radical (unpaired) electrons. The second-order valence-corrected chi connectivity index (χ2v) is 4.98. The number of carbonyl (C=O) groups is 1. The van der Waals surface area contributed by atoms with Crippen molar-refractivity contribution < 1.29 is 9.53 Å². The molecule has 0 saturated carbocycles. The van der Waals surface area contributed by atoms with Crippen LogP contribution < -0.4 is 15.5 Å². The molecule has 2 aliphatic rings. The summed E-state index contributed by atoms with van der Waals surface area (Å²) in [6, 6.07) is 0. The van der Waals surface area contributed by atoms with Gasteiger partial charge in [0.15, 0.2) is 11.6 Å². The van der Waals surface area contributed by atoms with Crippen LogP contribution in [0, 0.1) is 0 Å². The Hall–Kier alpha value is -1.89. The smallest absolute Gasteiger partial charge is 0.243 e. The fourth-order valence-corrected chi connectivity index (χ4v) is 2.56. The lowest BCUT2D eigenvalue weighted by molar-refractivity contribution is -0.114. The molecule has 2 N–H and O–H groups in total. The quantitative estimate of drug-likeness (QED) is 0.766. The highest BCUT2D eigenvalue weighted by atomic mass is 16.5. The van der Waals surface area contributed by atoms with E-state index in [-0.39, 0.29) is 24.7 Å². The van der Waals surface area contributed by atoms with Gasteiger partial charge in [-0.2, -0.15) is 0 Å². The average Bonchev–Trinajstić information content (AvgIpc) is 2.36. The van der Waals surface area contributed by atoms with E-state index in [4.69, 9.17) is 4.74 Å². The van der Waals surface area contributed by atoms with Gasteiger partial charge in [-0.3, -0.25) is 4.79 Å². The van der Waals surface area contributed by atoms with Crippen molar-refractivity contribution in [2.45, 2.75) is 26.1 Å². The first-order valence-corrected chi connectivity index (χ1v) is 6.42. The van der Waals surface area contributed by atoms with E-state index in [0.717, 1.165) is 18.9 Å². The summed E-state index contributed by atoms with van der Waals surface area (Å²) in [5.41, 5.74) is 0.667. The number of ether oxygens (including phenoxy) is 1. The highest BCUT2D eigenvalue weighted by molar-refractivity contribution is 6.02. The van der Waals surface area contributed by atoms with Gasteiger partial charge >= 0.3 is 0 Å². The molecule has 1 amide bonds. The van der Waals surface area contributed by atoms with Crippen molar-refractivity contribution in [1.82, 2.24) is 9.97 Å². The Labute approximate surface area is 111 Å². The van der Waals surface area contributed by atoms with Crippen molar-refractivity contribution in [1.29, 1.82) is 0 Å². The maximum Gasteiger partial charge on any atom is 0.243 e. The maximum atomic E-state index is 11.5. The number of nitrogens with one attached hydrogen (secondary N) is 2. The predicted octanol–water partition coefficient (Wildman–Crippen LogP) is 0.454. The highest BCUT2D eigenvalue weighted by Crippen LogP contribution is 2.32. The minimum Gasteiger partial charge on any atom is -0.372 e. The Bertz CT molecular complexity index is 497. The third-order valence-electron chi connectivity index (χ3n) is 3.23.